The normalized spacial score (nSPS) is 11.0. The van der Waals surface area contributed by atoms with E-state index in [1.807, 2.05) is 36.4 Å². The maximum absolute atomic E-state index is 11.8. The summed E-state index contributed by atoms with van der Waals surface area (Å²) in [6, 6.07) is 18.2. The zero-order valence-electron chi connectivity index (χ0n) is 13.3. The van der Waals surface area contributed by atoms with Crippen molar-refractivity contribution >= 4 is 28.6 Å². The van der Waals surface area contributed by atoms with E-state index in [9.17, 15) is 9.90 Å². The Labute approximate surface area is 140 Å². The molecule has 24 heavy (non-hydrogen) atoms. The smallest absolute Gasteiger partial charge is 0.338 e. The summed E-state index contributed by atoms with van der Waals surface area (Å²) in [6.45, 7) is 2.10. The maximum Gasteiger partial charge on any atom is 0.338 e. The highest BCUT2D eigenvalue weighted by atomic mass is 16.5. The van der Waals surface area contributed by atoms with Crippen molar-refractivity contribution in [2.24, 2.45) is 4.99 Å². The zero-order valence-corrected chi connectivity index (χ0v) is 13.3. The first-order valence-electron chi connectivity index (χ1n) is 7.71. The highest BCUT2D eigenvalue weighted by Crippen LogP contribution is 2.28. The molecule has 0 aliphatic heterocycles. The predicted octanol–water partition coefficient (Wildman–Crippen LogP) is 4.47. The number of benzene rings is 3. The number of esters is 1. The summed E-state index contributed by atoms with van der Waals surface area (Å²) in [6.07, 6.45) is 1.59. The lowest BCUT2D eigenvalue weighted by Gasteiger charge is -2.04. The number of fused-ring (bicyclic) bond motifs is 1. The number of rotatable bonds is 4. The molecule has 0 atom stereocenters. The van der Waals surface area contributed by atoms with Crippen LogP contribution in [0, 0.1) is 0 Å². The number of carbonyl (C=O) groups excluding carboxylic acids is 1. The van der Waals surface area contributed by atoms with Gasteiger partial charge in [-0.1, -0.05) is 36.4 Å². The summed E-state index contributed by atoms with van der Waals surface area (Å²) >= 11 is 0. The lowest BCUT2D eigenvalue weighted by atomic mass is 10.1. The maximum atomic E-state index is 11.8. The van der Waals surface area contributed by atoms with Crippen LogP contribution in [0.4, 0.5) is 5.69 Å². The minimum atomic E-state index is -0.372. The molecular formula is C20H17NO3. The Kier molecular flexibility index (Phi) is 4.57. The van der Waals surface area contributed by atoms with Gasteiger partial charge in [0, 0.05) is 17.2 Å². The van der Waals surface area contributed by atoms with E-state index in [4.69, 9.17) is 4.74 Å². The molecule has 0 bridgehead atoms. The van der Waals surface area contributed by atoms with E-state index < -0.39 is 0 Å². The quantitative estimate of drug-likeness (QED) is 0.570. The summed E-state index contributed by atoms with van der Waals surface area (Å²) in [7, 11) is 0. The first kappa shape index (κ1) is 15.7. The van der Waals surface area contributed by atoms with Crippen LogP contribution in [0.3, 0.4) is 0 Å². The van der Waals surface area contributed by atoms with Crippen molar-refractivity contribution in [2.75, 3.05) is 6.61 Å². The van der Waals surface area contributed by atoms with E-state index in [0.717, 1.165) is 10.8 Å². The third-order valence-electron chi connectivity index (χ3n) is 3.64. The first-order valence-corrected chi connectivity index (χ1v) is 7.71. The predicted molar refractivity (Wildman–Crippen MR) is 95.3 cm³/mol. The molecule has 0 saturated heterocycles. The average Bonchev–Trinajstić information content (AvgIpc) is 2.62. The van der Waals surface area contributed by atoms with Crippen LogP contribution in [0.1, 0.15) is 22.8 Å². The van der Waals surface area contributed by atoms with Crippen molar-refractivity contribution in [3.8, 4) is 5.75 Å². The monoisotopic (exact) mass is 319 g/mol. The molecule has 0 saturated carbocycles. The number of carbonyl (C=O) groups is 1. The van der Waals surface area contributed by atoms with Crippen molar-refractivity contribution in [1.29, 1.82) is 0 Å². The Balaban J connectivity index is 1.90. The number of ether oxygens (including phenoxy) is 1. The molecule has 4 nitrogen and oxygen atoms in total. The molecule has 0 heterocycles. The van der Waals surface area contributed by atoms with E-state index in [0.29, 0.717) is 23.4 Å². The zero-order chi connectivity index (χ0) is 16.9. The van der Waals surface area contributed by atoms with Crippen LogP contribution in [0.5, 0.6) is 5.75 Å². The number of aromatic hydroxyl groups is 1. The SMILES string of the molecule is CCOC(=O)c1cccc(N=Cc2ccc3ccccc3c2O)c1. The molecule has 0 aromatic heterocycles. The van der Waals surface area contributed by atoms with Crippen LogP contribution in [0.2, 0.25) is 0 Å². The Morgan fingerprint density at radius 1 is 1.12 bits per heavy atom. The Hall–Kier alpha value is -3.14. The van der Waals surface area contributed by atoms with E-state index in [2.05, 4.69) is 4.99 Å². The number of aliphatic imine (C=N–C) groups is 1. The third-order valence-corrected chi connectivity index (χ3v) is 3.64. The van der Waals surface area contributed by atoms with Crippen molar-refractivity contribution < 1.29 is 14.6 Å². The van der Waals surface area contributed by atoms with Crippen LogP contribution in [-0.4, -0.2) is 23.9 Å². The number of nitrogens with zero attached hydrogens (tertiary/aromatic N) is 1. The highest BCUT2D eigenvalue weighted by molar-refractivity contribution is 5.98. The Morgan fingerprint density at radius 3 is 2.79 bits per heavy atom. The van der Waals surface area contributed by atoms with Gasteiger partial charge in [-0.15, -0.1) is 0 Å². The van der Waals surface area contributed by atoms with Crippen LogP contribution in [0.15, 0.2) is 65.7 Å². The number of phenolic OH excluding ortho intramolecular Hbond substituents is 1. The minimum absolute atomic E-state index is 0.193. The van der Waals surface area contributed by atoms with Gasteiger partial charge in [-0.05, 0) is 36.6 Å². The summed E-state index contributed by atoms with van der Waals surface area (Å²) in [5.74, 6) is -0.179. The molecule has 0 fully saturated rings. The van der Waals surface area contributed by atoms with Crippen LogP contribution in [-0.2, 0) is 4.74 Å². The lowest BCUT2D eigenvalue weighted by Crippen LogP contribution is -2.03. The molecule has 120 valence electrons. The number of hydrogen-bond acceptors (Lipinski definition) is 4. The molecule has 1 N–H and O–H groups in total. The van der Waals surface area contributed by atoms with Crippen molar-refractivity contribution in [3.63, 3.8) is 0 Å². The van der Waals surface area contributed by atoms with Crippen LogP contribution in [0.25, 0.3) is 10.8 Å². The second-order valence-corrected chi connectivity index (χ2v) is 5.25. The summed E-state index contributed by atoms with van der Waals surface area (Å²) < 4.78 is 4.98. The molecule has 3 aromatic rings. The number of phenols is 1. The lowest BCUT2D eigenvalue weighted by molar-refractivity contribution is 0.0526. The first-order chi connectivity index (χ1) is 11.7. The van der Waals surface area contributed by atoms with Gasteiger partial charge in [-0.3, -0.25) is 4.99 Å². The van der Waals surface area contributed by atoms with Crippen LogP contribution >= 0.6 is 0 Å². The van der Waals surface area contributed by atoms with Crippen LogP contribution < -0.4 is 0 Å². The molecule has 4 heteroatoms. The van der Waals surface area contributed by atoms with Gasteiger partial charge in [0.05, 0.1) is 17.9 Å². The molecule has 0 amide bonds. The fraction of sp³-hybridized carbons (Fsp3) is 0.100. The van der Waals surface area contributed by atoms with Gasteiger partial charge in [0.15, 0.2) is 0 Å². The fourth-order valence-corrected chi connectivity index (χ4v) is 2.45. The van der Waals surface area contributed by atoms with Gasteiger partial charge < -0.3 is 9.84 Å². The van der Waals surface area contributed by atoms with Crippen molar-refractivity contribution in [2.45, 2.75) is 6.92 Å². The second kappa shape index (κ2) is 6.96. The summed E-state index contributed by atoms with van der Waals surface area (Å²) in [4.78, 5) is 16.1. The largest absolute Gasteiger partial charge is 0.507 e. The van der Waals surface area contributed by atoms with Gasteiger partial charge in [-0.25, -0.2) is 4.79 Å². The molecule has 0 spiro atoms. The van der Waals surface area contributed by atoms with Gasteiger partial charge >= 0.3 is 5.97 Å². The van der Waals surface area contributed by atoms with E-state index >= 15 is 0 Å². The Morgan fingerprint density at radius 2 is 1.96 bits per heavy atom. The molecule has 0 unspecified atom stereocenters. The molecular weight excluding hydrogens is 302 g/mol. The minimum Gasteiger partial charge on any atom is -0.507 e. The average molecular weight is 319 g/mol. The van der Waals surface area contributed by atoms with Gasteiger partial charge in [0.1, 0.15) is 5.75 Å². The van der Waals surface area contributed by atoms with Gasteiger partial charge in [-0.2, -0.15) is 0 Å². The van der Waals surface area contributed by atoms with Crippen molar-refractivity contribution in [1.82, 2.24) is 0 Å². The summed E-state index contributed by atoms with van der Waals surface area (Å²) in [5, 5.41) is 12.1. The van der Waals surface area contributed by atoms with E-state index in [-0.39, 0.29) is 11.7 Å². The third kappa shape index (κ3) is 3.27. The molecule has 3 rings (SSSR count). The highest BCUT2D eigenvalue weighted by Gasteiger charge is 2.07. The van der Waals surface area contributed by atoms with Crippen molar-refractivity contribution in [3.05, 3.63) is 71.8 Å². The van der Waals surface area contributed by atoms with Gasteiger partial charge in [0.25, 0.3) is 0 Å². The molecule has 0 radical (unpaired) electrons. The molecule has 0 aliphatic rings. The molecule has 3 aromatic carbocycles. The topological polar surface area (TPSA) is 58.9 Å². The Bertz CT molecular complexity index is 916. The van der Waals surface area contributed by atoms with E-state index in [1.54, 1.807) is 37.4 Å². The number of hydrogen-bond donors (Lipinski definition) is 1. The van der Waals surface area contributed by atoms with Gasteiger partial charge in [0.2, 0.25) is 0 Å². The second-order valence-electron chi connectivity index (χ2n) is 5.25. The van der Waals surface area contributed by atoms with E-state index in [1.165, 1.54) is 0 Å². The standard InChI is InChI=1S/C20H17NO3/c1-2-24-20(23)15-7-5-8-17(12-15)21-13-16-11-10-14-6-3-4-9-18(14)19(16)22/h3-13,22H,2H2,1H3. The summed E-state index contributed by atoms with van der Waals surface area (Å²) in [5.41, 5.74) is 1.69. The fourth-order valence-electron chi connectivity index (χ4n) is 2.45. The molecule has 0 aliphatic carbocycles.